The standard InChI is InChI=1S/C30H32ClN9O3/c1-4-5-9-27(41)35-22-15-23(26(43-3)16-25(22)38-11-13-39(14-12-38)29(42)19(2)32)36-30-33-18-21(31)28(37-30)20-17-34-40-10-7-6-8-24(20)40/h4-10,15-19H,1,11-14,32H2,2-3H3,(H,35,41)(H,33,36,37)/b9-5-/t19-/m0/s1. The van der Waals surface area contributed by atoms with Gasteiger partial charge in [-0.25, -0.2) is 14.5 Å². The molecule has 222 valence electrons. The van der Waals surface area contributed by atoms with Gasteiger partial charge in [-0.05, 0) is 25.1 Å². The number of benzene rings is 1. The number of piperazine rings is 1. The Kier molecular flexibility index (Phi) is 8.88. The fraction of sp³-hybridized carbons (Fsp3) is 0.233. The van der Waals surface area contributed by atoms with E-state index in [0.29, 0.717) is 54.0 Å². The van der Waals surface area contributed by atoms with Crippen LogP contribution in [-0.4, -0.2) is 75.6 Å². The average Bonchev–Trinajstić information content (AvgIpc) is 3.45. The summed E-state index contributed by atoms with van der Waals surface area (Å²) in [5.74, 6) is 0.347. The van der Waals surface area contributed by atoms with Crippen molar-refractivity contribution in [3.63, 3.8) is 0 Å². The molecule has 3 aromatic heterocycles. The number of methoxy groups -OCH3 is 1. The molecule has 1 fully saturated rings. The van der Waals surface area contributed by atoms with Gasteiger partial charge < -0.3 is 30.9 Å². The second kappa shape index (κ2) is 12.9. The molecule has 1 atom stereocenters. The number of carbonyl (C=O) groups is 2. The van der Waals surface area contributed by atoms with Crippen molar-refractivity contribution in [1.29, 1.82) is 0 Å². The Morgan fingerprint density at radius 3 is 2.67 bits per heavy atom. The van der Waals surface area contributed by atoms with E-state index in [4.69, 9.17) is 22.1 Å². The van der Waals surface area contributed by atoms with Gasteiger partial charge in [0.15, 0.2) is 0 Å². The fourth-order valence-corrected chi connectivity index (χ4v) is 5.03. The van der Waals surface area contributed by atoms with Crippen molar-refractivity contribution in [3.05, 3.63) is 78.8 Å². The summed E-state index contributed by atoms with van der Waals surface area (Å²) in [5.41, 5.74) is 9.71. The Morgan fingerprint density at radius 1 is 1.16 bits per heavy atom. The number of hydrogen-bond acceptors (Lipinski definition) is 9. The summed E-state index contributed by atoms with van der Waals surface area (Å²) in [5, 5.41) is 10.9. The van der Waals surface area contributed by atoms with Gasteiger partial charge in [0.05, 0.1) is 58.8 Å². The summed E-state index contributed by atoms with van der Waals surface area (Å²) in [6.07, 6.45) is 9.53. The predicted octanol–water partition coefficient (Wildman–Crippen LogP) is 3.87. The highest BCUT2D eigenvalue weighted by molar-refractivity contribution is 6.33. The van der Waals surface area contributed by atoms with Crippen LogP contribution in [0.5, 0.6) is 5.75 Å². The van der Waals surface area contributed by atoms with E-state index in [1.54, 1.807) is 41.8 Å². The van der Waals surface area contributed by atoms with Crippen LogP contribution in [0.2, 0.25) is 5.02 Å². The number of ether oxygens (including phenoxy) is 1. The molecule has 0 aliphatic carbocycles. The molecule has 0 unspecified atom stereocenters. The van der Waals surface area contributed by atoms with E-state index in [2.05, 4.69) is 37.2 Å². The third-order valence-electron chi connectivity index (χ3n) is 6.95. The molecule has 4 heterocycles. The molecule has 13 heteroatoms. The number of hydrogen-bond donors (Lipinski definition) is 3. The minimum absolute atomic E-state index is 0.0914. The van der Waals surface area contributed by atoms with Gasteiger partial charge in [0.25, 0.3) is 0 Å². The molecule has 43 heavy (non-hydrogen) atoms. The second-order valence-electron chi connectivity index (χ2n) is 9.86. The zero-order valence-electron chi connectivity index (χ0n) is 23.8. The normalized spacial score (nSPS) is 14.1. The molecule has 1 aromatic carbocycles. The molecule has 0 spiro atoms. The average molecular weight is 602 g/mol. The Hall–Kier alpha value is -4.94. The Labute approximate surface area is 253 Å². The van der Waals surface area contributed by atoms with Crippen LogP contribution < -0.4 is 26.0 Å². The molecular weight excluding hydrogens is 570 g/mol. The monoisotopic (exact) mass is 601 g/mol. The number of amides is 2. The Balaban J connectivity index is 1.48. The maximum Gasteiger partial charge on any atom is 0.248 e. The van der Waals surface area contributed by atoms with Gasteiger partial charge in [-0.15, -0.1) is 0 Å². The third kappa shape index (κ3) is 6.45. The van der Waals surface area contributed by atoms with E-state index in [9.17, 15) is 9.59 Å². The highest BCUT2D eigenvalue weighted by atomic mass is 35.5. The summed E-state index contributed by atoms with van der Waals surface area (Å²) < 4.78 is 7.48. The minimum atomic E-state index is -0.563. The molecule has 1 aliphatic heterocycles. The van der Waals surface area contributed by atoms with Crippen LogP contribution in [0, 0.1) is 0 Å². The molecule has 5 rings (SSSR count). The van der Waals surface area contributed by atoms with Crippen molar-refractivity contribution < 1.29 is 14.3 Å². The summed E-state index contributed by atoms with van der Waals surface area (Å²) in [7, 11) is 1.56. The number of pyridine rings is 1. The molecule has 1 saturated heterocycles. The maximum atomic E-state index is 12.7. The second-order valence-corrected chi connectivity index (χ2v) is 10.3. The SMILES string of the molecule is C=C/C=C\C(=O)Nc1cc(Nc2ncc(Cl)c(-c3cnn4ccccc34)n2)c(OC)cc1N1CCN(C(=O)[C@H](C)N)CC1. The van der Waals surface area contributed by atoms with Gasteiger partial charge in [-0.2, -0.15) is 5.10 Å². The Bertz CT molecular complexity index is 1690. The number of allylic oxidation sites excluding steroid dienone is 2. The third-order valence-corrected chi connectivity index (χ3v) is 7.23. The molecule has 1 aliphatic rings. The molecule has 0 bridgehead atoms. The minimum Gasteiger partial charge on any atom is -0.494 e. The molecule has 2 amide bonds. The topological polar surface area (TPSA) is 143 Å². The van der Waals surface area contributed by atoms with Crippen LogP contribution in [-0.2, 0) is 9.59 Å². The van der Waals surface area contributed by atoms with Gasteiger partial charge in [0.1, 0.15) is 5.75 Å². The number of aromatic nitrogens is 4. The Morgan fingerprint density at radius 2 is 1.95 bits per heavy atom. The molecular formula is C30H32ClN9O3. The van der Waals surface area contributed by atoms with E-state index < -0.39 is 6.04 Å². The van der Waals surface area contributed by atoms with Gasteiger partial charge in [0, 0.05) is 50.1 Å². The lowest BCUT2D eigenvalue weighted by Gasteiger charge is -2.37. The van der Waals surface area contributed by atoms with Gasteiger partial charge in [-0.1, -0.05) is 36.4 Å². The maximum absolute atomic E-state index is 12.7. The van der Waals surface area contributed by atoms with Crippen LogP contribution >= 0.6 is 11.6 Å². The van der Waals surface area contributed by atoms with Crippen molar-refractivity contribution in [2.24, 2.45) is 5.73 Å². The summed E-state index contributed by atoms with van der Waals surface area (Å²) in [4.78, 5) is 38.1. The van der Waals surface area contributed by atoms with Crippen LogP contribution in [0.3, 0.4) is 0 Å². The summed E-state index contributed by atoms with van der Waals surface area (Å²) in [6.45, 7) is 7.39. The van der Waals surface area contributed by atoms with Crippen molar-refractivity contribution in [2.45, 2.75) is 13.0 Å². The number of rotatable bonds is 9. The van der Waals surface area contributed by atoms with Gasteiger partial charge >= 0.3 is 0 Å². The van der Waals surface area contributed by atoms with Crippen molar-refractivity contribution in [3.8, 4) is 17.0 Å². The lowest BCUT2D eigenvalue weighted by molar-refractivity contribution is -0.132. The molecule has 12 nitrogen and oxygen atoms in total. The van der Waals surface area contributed by atoms with Crippen molar-refractivity contribution in [2.75, 3.05) is 48.8 Å². The first-order valence-electron chi connectivity index (χ1n) is 13.6. The molecule has 0 radical (unpaired) electrons. The summed E-state index contributed by atoms with van der Waals surface area (Å²) in [6, 6.07) is 8.76. The van der Waals surface area contributed by atoms with Crippen LogP contribution in [0.25, 0.3) is 16.8 Å². The highest BCUT2D eigenvalue weighted by Gasteiger charge is 2.26. The smallest absolute Gasteiger partial charge is 0.248 e. The number of nitrogens with one attached hydrogen (secondary N) is 2. The lowest BCUT2D eigenvalue weighted by atomic mass is 10.1. The first-order valence-corrected chi connectivity index (χ1v) is 14.0. The highest BCUT2D eigenvalue weighted by Crippen LogP contribution is 2.39. The number of nitrogens with zero attached hydrogens (tertiary/aromatic N) is 6. The van der Waals surface area contributed by atoms with Crippen molar-refractivity contribution in [1.82, 2.24) is 24.5 Å². The number of carbonyl (C=O) groups excluding carboxylic acids is 2. The zero-order valence-corrected chi connectivity index (χ0v) is 24.6. The van der Waals surface area contributed by atoms with Gasteiger partial charge in [-0.3, -0.25) is 9.59 Å². The zero-order chi connectivity index (χ0) is 30.5. The van der Waals surface area contributed by atoms with E-state index in [1.807, 2.05) is 30.5 Å². The van der Waals surface area contributed by atoms with Gasteiger partial charge in [0.2, 0.25) is 17.8 Å². The first-order chi connectivity index (χ1) is 20.8. The van der Waals surface area contributed by atoms with E-state index in [1.165, 1.54) is 18.3 Å². The van der Waals surface area contributed by atoms with Crippen LogP contribution in [0.4, 0.5) is 23.0 Å². The largest absolute Gasteiger partial charge is 0.494 e. The van der Waals surface area contributed by atoms with E-state index in [0.717, 1.165) is 16.8 Å². The molecule has 4 N–H and O–H groups in total. The van der Waals surface area contributed by atoms with Crippen LogP contribution in [0.1, 0.15) is 6.92 Å². The van der Waals surface area contributed by atoms with E-state index in [-0.39, 0.29) is 17.8 Å². The lowest BCUT2D eigenvalue weighted by Crippen LogP contribution is -2.52. The number of halogens is 1. The summed E-state index contributed by atoms with van der Waals surface area (Å²) >= 11 is 6.52. The number of fused-ring (bicyclic) bond motifs is 1. The fourth-order valence-electron chi connectivity index (χ4n) is 4.84. The quantitative estimate of drug-likeness (QED) is 0.192. The predicted molar refractivity (Wildman–Crippen MR) is 168 cm³/mol. The number of anilines is 4. The first kappa shape index (κ1) is 29.5. The van der Waals surface area contributed by atoms with Crippen LogP contribution in [0.15, 0.2) is 73.7 Å². The van der Waals surface area contributed by atoms with Crippen molar-refractivity contribution >= 4 is 51.9 Å². The molecule has 0 saturated carbocycles. The molecule has 4 aromatic rings. The number of nitrogens with two attached hydrogens (primary N) is 1. The van der Waals surface area contributed by atoms with E-state index >= 15 is 0 Å².